The molecule has 7 nitrogen and oxygen atoms in total. The number of aliphatic imine (C=N–C) groups is 1. The summed E-state index contributed by atoms with van der Waals surface area (Å²) in [6, 6.07) is 14.4. The highest BCUT2D eigenvalue weighted by Crippen LogP contribution is 2.57. The highest BCUT2D eigenvalue weighted by molar-refractivity contribution is 7.78. The molecule has 0 atom stereocenters. The van der Waals surface area contributed by atoms with E-state index in [9.17, 15) is 15.0 Å². The number of benzene rings is 3. The molecule has 0 aromatic heterocycles. The molecule has 0 aliphatic carbocycles. The van der Waals surface area contributed by atoms with Gasteiger partial charge in [0, 0.05) is 28.8 Å². The fourth-order valence-electron chi connectivity index (χ4n) is 3.87. The van der Waals surface area contributed by atoms with Gasteiger partial charge in [0.15, 0.2) is 5.60 Å². The zero-order chi connectivity index (χ0) is 22.2. The van der Waals surface area contributed by atoms with E-state index in [0.29, 0.717) is 39.4 Å². The number of isothiocyanates is 2. The fourth-order valence-corrected chi connectivity index (χ4v) is 3.97. The monoisotopic (exact) mass is 448 g/mol. The second-order valence-corrected chi connectivity index (χ2v) is 6.93. The summed E-state index contributed by atoms with van der Waals surface area (Å²) < 4.78 is 11.9. The van der Waals surface area contributed by atoms with Crippen LogP contribution >= 0.6 is 24.4 Å². The van der Waals surface area contributed by atoms with E-state index < -0.39 is 11.6 Å². The summed E-state index contributed by atoms with van der Waals surface area (Å²) in [5, 5.41) is 29.5. The summed E-state index contributed by atoms with van der Waals surface area (Å²) in [6.45, 7) is 0. The largest absolute Gasteiger partial charge is 0.508 e. The van der Waals surface area contributed by atoms with Crippen LogP contribution in [0.3, 0.4) is 0 Å². The summed E-state index contributed by atoms with van der Waals surface area (Å²) in [5.74, 6) is 0.0896. The average molecular weight is 448 g/mol. The normalized spacial score (nSPS) is 13.7. The Morgan fingerprint density at radius 1 is 0.935 bits per heavy atom. The predicted octanol–water partition coefficient (Wildman–Crippen LogP) is 5.07. The molecule has 1 spiro atoms. The van der Waals surface area contributed by atoms with E-state index >= 15 is 0 Å². The zero-order valence-electron chi connectivity index (χ0n) is 15.6. The molecule has 0 bridgehead atoms. The number of rotatable bonds is 1. The molecule has 152 valence electrons. The minimum absolute atomic E-state index is 0.00103. The SMILES string of the molecule is N=C=S.O=C1OC2(c3ccc(O)cc3Oc3cc(O)ccc32)c2cccc(N=C=S)c21. The Morgan fingerprint density at radius 2 is 1.52 bits per heavy atom. The molecule has 31 heavy (non-hydrogen) atoms. The van der Waals surface area contributed by atoms with Gasteiger partial charge < -0.3 is 19.7 Å². The van der Waals surface area contributed by atoms with Crippen molar-refractivity contribution in [3.05, 3.63) is 76.9 Å². The number of phenols is 2. The second-order valence-electron chi connectivity index (χ2n) is 6.54. The summed E-state index contributed by atoms with van der Waals surface area (Å²) in [4.78, 5) is 16.9. The maximum absolute atomic E-state index is 12.9. The topological polar surface area (TPSA) is 112 Å². The first-order valence-electron chi connectivity index (χ1n) is 8.79. The van der Waals surface area contributed by atoms with E-state index in [1.54, 1.807) is 35.5 Å². The van der Waals surface area contributed by atoms with E-state index in [0.717, 1.165) is 0 Å². The van der Waals surface area contributed by atoms with Crippen LogP contribution in [0.2, 0.25) is 0 Å². The van der Waals surface area contributed by atoms with Crippen molar-refractivity contribution in [2.45, 2.75) is 5.60 Å². The van der Waals surface area contributed by atoms with Crippen LogP contribution in [0.25, 0.3) is 0 Å². The number of hydrogen-bond acceptors (Lipinski definition) is 9. The third-order valence-electron chi connectivity index (χ3n) is 4.95. The lowest BCUT2D eigenvalue weighted by Crippen LogP contribution is -2.32. The first kappa shape index (κ1) is 20.4. The van der Waals surface area contributed by atoms with Crippen molar-refractivity contribution in [3.63, 3.8) is 0 Å². The number of phenolic OH excluding ortho intramolecular Hbond substituents is 2. The highest BCUT2D eigenvalue weighted by atomic mass is 32.1. The van der Waals surface area contributed by atoms with Crippen LogP contribution in [0.15, 0.2) is 59.6 Å². The van der Waals surface area contributed by atoms with Crippen LogP contribution in [-0.2, 0) is 10.3 Å². The predicted molar refractivity (Wildman–Crippen MR) is 118 cm³/mol. The molecular weight excluding hydrogens is 436 g/mol. The van der Waals surface area contributed by atoms with E-state index in [-0.39, 0.29) is 11.5 Å². The van der Waals surface area contributed by atoms with Gasteiger partial charge in [0.25, 0.3) is 0 Å². The van der Waals surface area contributed by atoms with Crippen LogP contribution in [-0.4, -0.2) is 26.5 Å². The second kappa shape index (κ2) is 7.75. The molecule has 3 aromatic rings. The number of aromatic hydroxyl groups is 2. The van der Waals surface area contributed by atoms with Crippen LogP contribution in [0.5, 0.6) is 23.0 Å². The van der Waals surface area contributed by atoms with Crippen molar-refractivity contribution in [3.8, 4) is 23.0 Å². The first-order valence-corrected chi connectivity index (χ1v) is 9.61. The van der Waals surface area contributed by atoms with Crippen molar-refractivity contribution in [2.75, 3.05) is 0 Å². The molecule has 0 unspecified atom stereocenters. The van der Waals surface area contributed by atoms with Gasteiger partial charge in [0.1, 0.15) is 23.0 Å². The maximum atomic E-state index is 12.9. The molecule has 2 aliphatic heterocycles. The Balaban J connectivity index is 0.000000730. The Labute approximate surface area is 186 Å². The summed E-state index contributed by atoms with van der Waals surface area (Å²) in [7, 11) is 0. The number of fused-ring (bicyclic) bond motifs is 6. The van der Waals surface area contributed by atoms with Crippen molar-refractivity contribution in [2.24, 2.45) is 4.99 Å². The van der Waals surface area contributed by atoms with Crippen LogP contribution in [0.4, 0.5) is 5.69 Å². The number of ether oxygens (including phenoxy) is 2. The molecule has 0 saturated carbocycles. The smallest absolute Gasteiger partial charge is 0.342 e. The van der Waals surface area contributed by atoms with Crippen molar-refractivity contribution in [1.82, 2.24) is 0 Å². The van der Waals surface area contributed by atoms with Gasteiger partial charge >= 0.3 is 5.97 Å². The third-order valence-corrected chi connectivity index (χ3v) is 5.04. The van der Waals surface area contributed by atoms with E-state index in [2.05, 4.69) is 22.4 Å². The Kier molecular flexibility index (Phi) is 5.10. The number of nitrogens with one attached hydrogen (secondary N) is 1. The van der Waals surface area contributed by atoms with Gasteiger partial charge in [-0.1, -0.05) is 12.1 Å². The van der Waals surface area contributed by atoms with Crippen LogP contribution in [0, 0.1) is 5.41 Å². The number of nitrogens with zero attached hydrogens (tertiary/aromatic N) is 1. The summed E-state index contributed by atoms with van der Waals surface area (Å²) in [5.41, 5.74) is 1.04. The standard InChI is InChI=1S/C21H11NO5S.CHNS/c23-11-4-6-13-17(8-11)26-18-9-12(24)5-7-14(18)21(13)15-2-1-3-16(22-10-28)19(15)20(25)27-21;2-1-3/h1-9,23-24H;2H. The molecule has 2 aliphatic rings. The van der Waals surface area contributed by atoms with Gasteiger partial charge in [-0.2, -0.15) is 4.99 Å². The van der Waals surface area contributed by atoms with Gasteiger partial charge in [-0.3, -0.25) is 0 Å². The Bertz CT molecular complexity index is 1270. The summed E-state index contributed by atoms with van der Waals surface area (Å²) in [6.07, 6.45) is 0. The lowest BCUT2D eigenvalue weighted by molar-refractivity contribution is 0.0224. The maximum Gasteiger partial charge on any atom is 0.342 e. The fraction of sp³-hybridized carbons (Fsp3) is 0.0455. The average Bonchev–Trinajstić information content (AvgIpc) is 3.02. The van der Waals surface area contributed by atoms with Gasteiger partial charge in [-0.25, -0.2) is 10.2 Å². The molecule has 9 heteroatoms. The minimum Gasteiger partial charge on any atom is -0.508 e. The Hall–Kier alpha value is -3.87. The third kappa shape index (κ3) is 3.09. The van der Waals surface area contributed by atoms with Crippen molar-refractivity contribution in [1.29, 1.82) is 5.41 Å². The van der Waals surface area contributed by atoms with Crippen molar-refractivity contribution < 1.29 is 24.5 Å². The Morgan fingerprint density at radius 3 is 2.06 bits per heavy atom. The number of hydrogen-bond donors (Lipinski definition) is 3. The van der Waals surface area contributed by atoms with Gasteiger partial charge in [-0.05, 0) is 54.8 Å². The zero-order valence-corrected chi connectivity index (χ0v) is 17.2. The van der Waals surface area contributed by atoms with E-state index in [1.807, 2.05) is 0 Å². The molecule has 3 aromatic carbocycles. The van der Waals surface area contributed by atoms with Crippen LogP contribution < -0.4 is 4.74 Å². The lowest BCUT2D eigenvalue weighted by atomic mass is 9.77. The molecular formula is C22H12N2O5S2. The van der Waals surface area contributed by atoms with E-state index in [1.165, 1.54) is 24.3 Å². The van der Waals surface area contributed by atoms with Gasteiger partial charge in [0.2, 0.25) is 0 Å². The van der Waals surface area contributed by atoms with Gasteiger partial charge in [-0.15, -0.1) is 0 Å². The lowest BCUT2D eigenvalue weighted by Gasteiger charge is -2.36. The summed E-state index contributed by atoms with van der Waals surface area (Å²) >= 11 is 8.51. The van der Waals surface area contributed by atoms with Crippen LogP contribution in [0.1, 0.15) is 27.0 Å². The first-order chi connectivity index (χ1) is 15.0. The molecule has 5 rings (SSSR count). The number of carbonyl (C=O) groups excluding carboxylic acids is 1. The van der Waals surface area contributed by atoms with E-state index in [4.69, 9.17) is 27.1 Å². The molecule has 0 saturated heterocycles. The molecule has 0 radical (unpaired) electrons. The molecule has 0 fully saturated rings. The highest BCUT2D eigenvalue weighted by Gasteiger charge is 2.54. The quantitative estimate of drug-likeness (QED) is 0.271. The molecule has 3 N–H and O–H groups in total. The number of esters is 1. The number of carbonyl (C=O) groups is 1. The number of thiocarbonyl (C=S) groups is 2. The molecule has 2 heterocycles. The molecule has 0 amide bonds. The van der Waals surface area contributed by atoms with Gasteiger partial charge in [0.05, 0.1) is 21.6 Å². The minimum atomic E-state index is -1.30. The van der Waals surface area contributed by atoms with Crippen molar-refractivity contribution >= 4 is 46.4 Å².